The largest absolute Gasteiger partial charge is 0.497 e. The summed E-state index contributed by atoms with van der Waals surface area (Å²) in [6.45, 7) is 0. The zero-order valence-corrected chi connectivity index (χ0v) is 18.6. The first-order chi connectivity index (χ1) is 15.8. The molecule has 10 heteroatoms. The first-order valence-corrected chi connectivity index (χ1v) is 10.2. The van der Waals surface area contributed by atoms with Crippen LogP contribution in [0.3, 0.4) is 0 Å². The minimum atomic E-state index is -0.451. The summed E-state index contributed by atoms with van der Waals surface area (Å²) in [7, 11) is 3.46. The lowest BCUT2D eigenvalue weighted by Crippen LogP contribution is -2.32. The highest BCUT2D eigenvalue weighted by atomic mass is 32.1. The minimum absolute atomic E-state index is 0.00713. The van der Waals surface area contributed by atoms with Gasteiger partial charge in [0.05, 0.1) is 29.6 Å². The number of imidazole rings is 1. The average molecular weight is 463 g/mol. The molecule has 33 heavy (non-hydrogen) atoms. The number of hydrogen-bond donors (Lipinski definition) is 1. The summed E-state index contributed by atoms with van der Waals surface area (Å²) in [5, 5.41) is 22.7. The van der Waals surface area contributed by atoms with Gasteiger partial charge in [0.2, 0.25) is 5.03 Å². The zero-order valence-electron chi connectivity index (χ0n) is 17.7. The Bertz CT molecular complexity index is 1350. The normalized spacial score (nSPS) is 10.8. The molecule has 0 fully saturated rings. The van der Waals surface area contributed by atoms with Gasteiger partial charge < -0.3 is 4.74 Å². The molecule has 0 unspecified atom stereocenters. The molecule has 0 aliphatic rings. The summed E-state index contributed by atoms with van der Waals surface area (Å²) in [4.78, 5) is 21.3. The van der Waals surface area contributed by atoms with Crippen molar-refractivity contribution in [2.75, 3.05) is 7.11 Å². The lowest BCUT2D eigenvalue weighted by molar-refractivity contribution is -0.649. The van der Waals surface area contributed by atoms with Crippen LogP contribution < -0.4 is 9.30 Å². The van der Waals surface area contributed by atoms with Gasteiger partial charge in [0.1, 0.15) is 11.4 Å². The lowest BCUT2D eigenvalue weighted by atomic mass is 10.1. The fraction of sp³-hybridized carbons (Fsp3) is 0.0870. The highest BCUT2D eigenvalue weighted by molar-refractivity contribution is 7.80. The molecule has 3 aromatic carbocycles. The smallest absolute Gasteiger partial charge is 0.295 e. The van der Waals surface area contributed by atoms with Gasteiger partial charge in [-0.05, 0) is 48.5 Å². The predicted molar refractivity (Wildman–Crippen MR) is 125 cm³/mol. The van der Waals surface area contributed by atoms with E-state index in [4.69, 9.17) is 17.4 Å². The Morgan fingerprint density at radius 2 is 1.30 bits per heavy atom. The molecule has 0 N–H and O–H groups in total. The van der Waals surface area contributed by atoms with E-state index in [1.807, 2.05) is 40.4 Å². The van der Waals surface area contributed by atoms with Crippen LogP contribution in [0, 0.1) is 20.2 Å². The fourth-order valence-electron chi connectivity index (χ4n) is 3.71. The molecule has 0 saturated carbocycles. The Labute approximate surface area is 194 Å². The van der Waals surface area contributed by atoms with E-state index in [-0.39, 0.29) is 11.4 Å². The second kappa shape index (κ2) is 8.75. The number of nitro groups is 2. The molecule has 0 radical (unpaired) electrons. The summed E-state index contributed by atoms with van der Waals surface area (Å²) in [6.07, 6.45) is 0. The number of thiol groups is 1. The second-order valence-corrected chi connectivity index (χ2v) is 7.62. The lowest BCUT2D eigenvalue weighted by Gasteiger charge is -2.05. The van der Waals surface area contributed by atoms with E-state index in [1.165, 1.54) is 24.3 Å². The van der Waals surface area contributed by atoms with E-state index in [2.05, 4.69) is 0 Å². The van der Waals surface area contributed by atoms with E-state index < -0.39 is 9.85 Å². The third-order valence-corrected chi connectivity index (χ3v) is 5.72. The summed E-state index contributed by atoms with van der Waals surface area (Å²) < 4.78 is 9.08. The number of nitro benzene ring substituents is 2. The second-order valence-electron chi connectivity index (χ2n) is 7.20. The van der Waals surface area contributed by atoms with Gasteiger partial charge in [-0.3, -0.25) is 20.2 Å². The summed E-state index contributed by atoms with van der Waals surface area (Å²) in [5.74, 6) is 1.47. The molecule has 0 atom stereocenters. The first kappa shape index (κ1) is 22.0. The number of benzene rings is 3. The minimum Gasteiger partial charge on any atom is -0.497 e. The number of aromatic nitrogens is 2. The standard InChI is InChI=1S/C23H18N4O5S/c1-24-21(15-3-7-18(8-4-15)26(28)29)23(33)25(17-9-11-19(12-10-17)27(30)31)22(24)16-5-13-20(32-2)14-6-16/h3-14H,1-2H3/p+1. The average Bonchev–Trinajstić information content (AvgIpc) is 3.09. The summed E-state index contributed by atoms with van der Waals surface area (Å²) in [6, 6.07) is 19.9. The van der Waals surface area contributed by atoms with Crippen LogP contribution in [0.15, 0.2) is 77.8 Å². The van der Waals surface area contributed by atoms with E-state index in [9.17, 15) is 20.2 Å². The Hall–Kier alpha value is -4.18. The van der Waals surface area contributed by atoms with Crippen molar-refractivity contribution >= 4 is 24.0 Å². The molecule has 0 amide bonds. The van der Waals surface area contributed by atoms with E-state index in [0.717, 1.165) is 22.6 Å². The fourth-order valence-corrected chi connectivity index (χ4v) is 4.20. The van der Waals surface area contributed by atoms with Crippen molar-refractivity contribution in [2.45, 2.75) is 5.03 Å². The van der Waals surface area contributed by atoms with Gasteiger partial charge in [-0.1, -0.05) is 12.6 Å². The maximum atomic E-state index is 11.1. The molecular formula is C23H19N4O5S+. The Morgan fingerprint density at radius 1 is 0.818 bits per heavy atom. The highest BCUT2D eigenvalue weighted by Crippen LogP contribution is 2.34. The van der Waals surface area contributed by atoms with Crippen molar-refractivity contribution in [1.82, 2.24) is 4.57 Å². The SMILES string of the molecule is COc1ccc(-c2n(-c3ccc([N+](=O)[O-])cc3)c(S)c(-c3ccc([N+](=O)[O-])cc3)[n+]2C)cc1. The van der Waals surface area contributed by atoms with Crippen molar-refractivity contribution < 1.29 is 19.2 Å². The van der Waals surface area contributed by atoms with Crippen LogP contribution in [-0.2, 0) is 7.05 Å². The molecule has 0 saturated heterocycles. The van der Waals surface area contributed by atoms with E-state index in [0.29, 0.717) is 16.5 Å². The highest BCUT2D eigenvalue weighted by Gasteiger charge is 2.31. The molecule has 1 heterocycles. The van der Waals surface area contributed by atoms with Crippen molar-refractivity contribution in [3.05, 3.63) is 93.0 Å². The van der Waals surface area contributed by atoms with Gasteiger partial charge in [-0.15, -0.1) is 0 Å². The quantitative estimate of drug-likeness (QED) is 0.192. The Balaban J connectivity index is 1.95. The molecule has 0 aliphatic heterocycles. The zero-order chi connectivity index (χ0) is 23.7. The maximum Gasteiger partial charge on any atom is 0.295 e. The number of ether oxygens (including phenoxy) is 1. The number of nitrogens with zero attached hydrogens (tertiary/aromatic N) is 4. The first-order valence-electron chi connectivity index (χ1n) is 9.79. The van der Waals surface area contributed by atoms with Crippen LogP contribution in [0.2, 0.25) is 0 Å². The Kier molecular flexibility index (Phi) is 5.84. The van der Waals surface area contributed by atoms with Crippen LogP contribution in [0.1, 0.15) is 0 Å². The van der Waals surface area contributed by atoms with Gasteiger partial charge in [0.15, 0.2) is 5.69 Å². The Morgan fingerprint density at radius 3 is 1.79 bits per heavy atom. The van der Waals surface area contributed by atoms with Crippen molar-refractivity contribution in [2.24, 2.45) is 7.05 Å². The topological polar surface area (TPSA) is 104 Å². The van der Waals surface area contributed by atoms with Gasteiger partial charge in [-0.25, -0.2) is 4.57 Å². The van der Waals surface area contributed by atoms with Crippen LogP contribution in [0.4, 0.5) is 11.4 Å². The van der Waals surface area contributed by atoms with Gasteiger partial charge in [0.25, 0.3) is 17.2 Å². The predicted octanol–water partition coefficient (Wildman–Crippen LogP) is 4.75. The van der Waals surface area contributed by atoms with E-state index in [1.54, 1.807) is 31.4 Å². The maximum absolute atomic E-state index is 11.1. The third kappa shape index (κ3) is 4.03. The molecule has 4 aromatic rings. The number of non-ortho nitro benzene ring substituents is 2. The molecule has 0 aliphatic carbocycles. The van der Waals surface area contributed by atoms with Crippen LogP contribution in [-0.4, -0.2) is 21.5 Å². The van der Waals surface area contributed by atoms with Crippen LogP contribution >= 0.6 is 12.6 Å². The van der Waals surface area contributed by atoms with Crippen molar-refractivity contribution in [3.63, 3.8) is 0 Å². The monoisotopic (exact) mass is 463 g/mol. The molecule has 0 spiro atoms. The molecule has 166 valence electrons. The van der Waals surface area contributed by atoms with Gasteiger partial charge in [0, 0.05) is 29.8 Å². The van der Waals surface area contributed by atoms with Crippen LogP contribution in [0.25, 0.3) is 28.3 Å². The summed E-state index contributed by atoms with van der Waals surface area (Å²) >= 11 is 4.80. The molecule has 4 rings (SSSR count). The number of hydrogen-bond acceptors (Lipinski definition) is 6. The summed E-state index contributed by atoms with van der Waals surface area (Å²) in [5.41, 5.74) is 2.99. The van der Waals surface area contributed by atoms with Gasteiger partial charge >= 0.3 is 0 Å². The van der Waals surface area contributed by atoms with Crippen molar-refractivity contribution in [3.8, 4) is 34.1 Å². The van der Waals surface area contributed by atoms with Gasteiger partial charge in [-0.2, -0.15) is 4.57 Å². The van der Waals surface area contributed by atoms with Crippen LogP contribution in [0.5, 0.6) is 5.75 Å². The molecule has 9 nitrogen and oxygen atoms in total. The van der Waals surface area contributed by atoms with E-state index >= 15 is 0 Å². The molecular weight excluding hydrogens is 444 g/mol. The molecule has 1 aromatic heterocycles. The third-order valence-electron chi connectivity index (χ3n) is 5.31. The number of methoxy groups -OCH3 is 1. The molecule has 0 bridgehead atoms. The number of rotatable bonds is 6. The van der Waals surface area contributed by atoms with Crippen molar-refractivity contribution in [1.29, 1.82) is 0 Å².